The predicted octanol–water partition coefficient (Wildman–Crippen LogP) is 4.72. The lowest BCUT2D eigenvalue weighted by molar-refractivity contribution is 0.103. The number of carbonyl (C=O) groups is 1. The third-order valence-electron chi connectivity index (χ3n) is 3.49. The van der Waals surface area contributed by atoms with Gasteiger partial charge >= 0.3 is 0 Å². The number of nitrogens with one attached hydrogen (secondary N) is 1. The van der Waals surface area contributed by atoms with E-state index in [0.29, 0.717) is 20.7 Å². The van der Waals surface area contributed by atoms with Crippen LogP contribution in [0.2, 0.25) is 0 Å². The van der Waals surface area contributed by atoms with Gasteiger partial charge in [0.25, 0.3) is 5.91 Å². The van der Waals surface area contributed by atoms with Crippen LogP contribution in [0.25, 0.3) is 21.1 Å². The predicted molar refractivity (Wildman–Crippen MR) is 101 cm³/mol. The summed E-state index contributed by atoms with van der Waals surface area (Å²) in [6.07, 6.45) is 1.68. The molecular weight excluding hydrogens is 371 g/mol. The standard InChI is InChI=1S/C18H11FN4OS2/c19-12-6-4-11(5-7-12)14-8-9-15(25-14)16(24)21-18-23-22-17(26-18)13-3-1-2-10-20-13/h1-10H,(H,21,23,24). The van der Waals surface area contributed by atoms with Crippen LogP contribution in [0.5, 0.6) is 0 Å². The molecule has 0 saturated carbocycles. The van der Waals surface area contributed by atoms with Gasteiger partial charge < -0.3 is 0 Å². The number of hydrogen-bond acceptors (Lipinski definition) is 6. The number of pyridine rings is 1. The monoisotopic (exact) mass is 382 g/mol. The fraction of sp³-hybridized carbons (Fsp3) is 0. The lowest BCUT2D eigenvalue weighted by atomic mass is 10.2. The highest BCUT2D eigenvalue weighted by molar-refractivity contribution is 7.19. The molecule has 1 N–H and O–H groups in total. The van der Waals surface area contributed by atoms with Gasteiger partial charge in [0.2, 0.25) is 5.13 Å². The molecule has 4 aromatic rings. The molecule has 1 aromatic carbocycles. The topological polar surface area (TPSA) is 67.8 Å². The first-order chi connectivity index (χ1) is 12.7. The zero-order valence-electron chi connectivity index (χ0n) is 13.2. The van der Waals surface area contributed by atoms with Gasteiger partial charge in [0.15, 0.2) is 5.01 Å². The van der Waals surface area contributed by atoms with E-state index < -0.39 is 0 Å². The van der Waals surface area contributed by atoms with Crippen molar-refractivity contribution in [1.29, 1.82) is 0 Å². The van der Waals surface area contributed by atoms with Crippen molar-refractivity contribution in [2.24, 2.45) is 0 Å². The number of amides is 1. The van der Waals surface area contributed by atoms with Crippen molar-refractivity contribution in [3.05, 3.63) is 71.5 Å². The fourth-order valence-electron chi connectivity index (χ4n) is 2.25. The van der Waals surface area contributed by atoms with Gasteiger partial charge in [-0.15, -0.1) is 21.5 Å². The Morgan fingerprint density at radius 3 is 2.58 bits per heavy atom. The second-order valence-corrected chi connectivity index (χ2v) is 7.31. The quantitative estimate of drug-likeness (QED) is 0.554. The molecule has 0 bridgehead atoms. The summed E-state index contributed by atoms with van der Waals surface area (Å²) >= 11 is 2.59. The van der Waals surface area contributed by atoms with Crippen molar-refractivity contribution in [3.63, 3.8) is 0 Å². The number of carbonyl (C=O) groups excluding carboxylic acids is 1. The minimum atomic E-state index is -0.289. The van der Waals surface area contributed by atoms with Crippen molar-refractivity contribution in [2.45, 2.75) is 0 Å². The molecule has 128 valence electrons. The zero-order chi connectivity index (χ0) is 17.9. The van der Waals surface area contributed by atoms with E-state index in [1.54, 1.807) is 24.4 Å². The average molecular weight is 382 g/mol. The number of hydrogen-bond donors (Lipinski definition) is 1. The lowest BCUT2D eigenvalue weighted by Crippen LogP contribution is -2.09. The number of thiophene rings is 1. The minimum Gasteiger partial charge on any atom is -0.296 e. The van der Waals surface area contributed by atoms with Crippen molar-refractivity contribution in [1.82, 2.24) is 15.2 Å². The maximum absolute atomic E-state index is 13.0. The Bertz CT molecular complexity index is 1040. The number of rotatable bonds is 4. The van der Waals surface area contributed by atoms with Crippen LogP contribution in [0.4, 0.5) is 9.52 Å². The smallest absolute Gasteiger partial charge is 0.267 e. The Kier molecular flexibility index (Phi) is 4.51. The Labute approximate surface area is 156 Å². The maximum atomic E-state index is 13.0. The molecule has 0 saturated heterocycles. The molecule has 26 heavy (non-hydrogen) atoms. The summed E-state index contributed by atoms with van der Waals surface area (Å²) in [7, 11) is 0. The Morgan fingerprint density at radius 1 is 0.962 bits per heavy atom. The van der Waals surface area contributed by atoms with Crippen LogP contribution >= 0.6 is 22.7 Å². The van der Waals surface area contributed by atoms with E-state index in [1.165, 1.54) is 34.8 Å². The van der Waals surface area contributed by atoms with Gasteiger partial charge in [-0.05, 0) is 42.0 Å². The molecule has 3 aromatic heterocycles. The van der Waals surface area contributed by atoms with Gasteiger partial charge in [0.05, 0.1) is 4.88 Å². The van der Waals surface area contributed by atoms with E-state index in [4.69, 9.17) is 0 Å². The first-order valence-electron chi connectivity index (χ1n) is 7.61. The molecule has 0 atom stereocenters. The number of nitrogens with zero attached hydrogens (tertiary/aromatic N) is 3. The molecule has 5 nitrogen and oxygen atoms in total. The average Bonchev–Trinajstić information content (AvgIpc) is 3.33. The normalized spacial score (nSPS) is 10.7. The van der Waals surface area contributed by atoms with E-state index in [-0.39, 0.29) is 11.7 Å². The summed E-state index contributed by atoms with van der Waals surface area (Å²) < 4.78 is 13.0. The largest absolute Gasteiger partial charge is 0.296 e. The van der Waals surface area contributed by atoms with E-state index in [1.807, 2.05) is 24.3 Å². The van der Waals surface area contributed by atoms with Gasteiger partial charge in [0, 0.05) is 11.1 Å². The molecule has 4 rings (SSSR count). The number of halogens is 1. The third kappa shape index (κ3) is 3.51. The van der Waals surface area contributed by atoms with Gasteiger partial charge in [0.1, 0.15) is 11.5 Å². The molecule has 0 aliphatic heterocycles. The first kappa shape index (κ1) is 16.5. The summed E-state index contributed by atoms with van der Waals surface area (Å²) in [4.78, 5) is 18.1. The van der Waals surface area contributed by atoms with Gasteiger partial charge in [-0.25, -0.2) is 4.39 Å². The van der Waals surface area contributed by atoms with Gasteiger partial charge in [-0.3, -0.25) is 15.1 Å². The van der Waals surface area contributed by atoms with Gasteiger partial charge in [-0.1, -0.05) is 29.5 Å². The van der Waals surface area contributed by atoms with E-state index in [0.717, 1.165) is 10.4 Å². The van der Waals surface area contributed by atoms with Crippen LogP contribution in [0.15, 0.2) is 60.8 Å². The second kappa shape index (κ2) is 7.11. The highest BCUT2D eigenvalue weighted by Gasteiger charge is 2.14. The van der Waals surface area contributed by atoms with Crippen LogP contribution in [0.3, 0.4) is 0 Å². The molecule has 8 heteroatoms. The van der Waals surface area contributed by atoms with Crippen molar-refractivity contribution < 1.29 is 9.18 Å². The molecule has 0 spiro atoms. The van der Waals surface area contributed by atoms with Crippen LogP contribution in [-0.4, -0.2) is 21.1 Å². The first-order valence-corrected chi connectivity index (χ1v) is 9.24. The molecule has 1 amide bonds. The zero-order valence-corrected chi connectivity index (χ0v) is 14.9. The van der Waals surface area contributed by atoms with Crippen LogP contribution < -0.4 is 5.32 Å². The van der Waals surface area contributed by atoms with Crippen LogP contribution in [0.1, 0.15) is 9.67 Å². The summed E-state index contributed by atoms with van der Waals surface area (Å²) in [6.45, 7) is 0. The lowest BCUT2D eigenvalue weighted by Gasteiger charge is -1.98. The molecule has 0 unspecified atom stereocenters. The maximum Gasteiger partial charge on any atom is 0.267 e. The van der Waals surface area contributed by atoms with Crippen LogP contribution in [0, 0.1) is 5.82 Å². The minimum absolute atomic E-state index is 0.257. The Balaban J connectivity index is 1.49. The number of benzene rings is 1. The van der Waals surface area contributed by atoms with Gasteiger partial charge in [-0.2, -0.15) is 0 Å². The number of aromatic nitrogens is 3. The molecule has 0 radical (unpaired) electrons. The molecule has 0 fully saturated rings. The molecule has 0 aliphatic rings. The molecular formula is C18H11FN4OS2. The third-order valence-corrected chi connectivity index (χ3v) is 5.48. The SMILES string of the molecule is O=C(Nc1nnc(-c2ccccn2)s1)c1ccc(-c2ccc(F)cc2)s1. The highest BCUT2D eigenvalue weighted by Crippen LogP contribution is 2.30. The summed E-state index contributed by atoms with van der Waals surface area (Å²) in [6, 6.07) is 15.3. The highest BCUT2D eigenvalue weighted by atomic mass is 32.1. The van der Waals surface area contributed by atoms with E-state index >= 15 is 0 Å². The molecule has 3 heterocycles. The van der Waals surface area contributed by atoms with E-state index in [9.17, 15) is 9.18 Å². The van der Waals surface area contributed by atoms with Crippen molar-refractivity contribution in [2.75, 3.05) is 5.32 Å². The second-order valence-electron chi connectivity index (χ2n) is 5.25. The van der Waals surface area contributed by atoms with Crippen LogP contribution in [-0.2, 0) is 0 Å². The Hall–Kier alpha value is -2.97. The number of anilines is 1. The summed E-state index contributed by atoms with van der Waals surface area (Å²) in [5.74, 6) is -0.546. The summed E-state index contributed by atoms with van der Waals surface area (Å²) in [5.41, 5.74) is 1.57. The van der Waals surface area contributed by atoms with Crippen molar-refractivity contribution in [3.8, 4) is 21.1 Å². The molecule has 0 aliphatic carbocycles. The van der Waals surface area contributed by atoms with Crippen molar-refractivity contribution >= 4 is 33.7 Å². The van der Waals surface area contributed by atoms with E-state index in [2.05, 4.69) is 20.5 Å². The Morgan fingerprint density at radius 2 is 1.81 bits per heavy atom. The summed E-state index contributed by atoms with van der Waals surface area (Å²) in [5, 5.41) is 11.8. The fourth-order valence-corrected chi connectivity index (χ4v) is 3.88.